The molecular formula is C25H26N2O6S2. The summed E-state index contributed by atoms with van der Waals surface area (Å²) in [4.78, 5) is 52.1. The molecule has 10 heteroatoms. The van der Waals surface area contributed by atoms with Crippen LogP contribution in [0.25, 0.3) is 0 Å². The van der Waals surface area contributed by atoms with E-state index in [2.05, 4.69) is 10.6 Å². The fourth-order valence-electron chi connectivity index (χ4n) is 3.25. The SMILES string of the molecule is CCOC(=O)c1sc(NC(NC(=O)c2cccs2)C(=O)c2ccc(C)cc2)c(C(=O)OCC)c1C. The molecule has 1 unspecified atom stereocenters. The van der Waals surface area contributed by atoms with Gasteiger partial charge in [-0.15, -0.1) is 22.7 Å². The van der Waals surface area contributed by atoms with E-state index >= 15 is 0 Å². The zero-order valence-corrected chi connectivity index (χ0v) is 21.4. The highest BCUT2D eigenvalue weighted by atomic mass is 32.1. The zero-order valence-electron chi connectivity index (χ0n) is 19.8. The Hall–Kier alpha value is -3.50. The van der Waals surface area contributed by atoms with Gasteiger partial charge in [0, 0.05) is 5.56 Å². The number of hydrogen-bond donors (Lipinski definition) is 2. The molecule has 0 bridgehead atoms. The second kappa shape index (κ2) is 11.8. The van der Waals surface area contributed by atoms with E-state index in [0.29, 0.717) is 16.0 Å². The van der Waals surface area contributed by atoms with Crippen molar-refractivity contribution in [1.29, 1.82) is 0 Å². The largest absolute Gasteiger partial charge is 0.462 e. The van der Waals surface area contributed by atoms with E-state index < -0.39 is 29.8 Å². The molecule has 184 valence electrons. The second-order valence-electron chi connectivity index (χ2n) is 7.46. The van der Waals surface area contributed by atoms with Crippen LogP contribution in [0.15, 0.2) is 41.8 Å². The van der Waals surface area contributed by atoms with Crippen LogP contribution in [0.1, 0.15) is 65.0 Å². The van der Waals surface area contributed by atoms with Crippen LogP contribution in [0.5, 0.6) is 0 Å². The summed E-state index contributed by atoms with van der Waals surface area (Å²) in [6.45, 7) is 7.16. The van der Waals surface area contributed by atoms with E-state index in [1.54, 1.807) is 62.5 Å². The molecule has 1 atom stereocenters. The molecule has 2 heterocycles. The Balaban J connectivity index is 2.03. The van der Waals surface area contributed by atoms with Crippen molar-refractivity contribution in [2.75, 3.05) is 18.5 Å². The van der Waals surface area contributed by atoms with Crippen LogP contribution >= 0.6 is 22.7 Å². The van der Waals surface area contributed by atoms with Gasteiger partial charge in [0.25, 0.3) is 5.91 Å². The monoisotopic (exact) mass is 514 g/mol. The van der Waals surface area contributed by atoms with E-state index in [-0.39, 0.29) is 28.7 Å². The van der Waals surface area contributed by atoms with Gasteiger partial charge < -0.3 is 20.1 Å². The van der Waals surface area contributed by atoms with Crippen LogP contribution in [0, 0.1) is 13.8 Å². The average Bonchev–Trinajstić information content (AvgIpc) is 3.47. The summed E-state index contributed by atoms with van der Waals surface area (Å²) in [6, 6.07) is 10.3. The Bertz CT molecular complexity index is 1220. The quantitative estimate of drug-likeness (QED) is 0.226. The van der Waals surface area contributed by atoms with Crippen LogP contribution in [0.3, 0.4) is 0 Å². The molecule has 0 aliphatic heterocycles. The van der Waals surface area contributed by atoms with Crippen molar-refractivity contribution < 1.29 is 28.7 Å². The van der Waals surface area contributed by atoms with Gasteiger partial charge in [-0.25, -0.2) is 9.59 Å². The molecule has 0 aliphatic carbocycles. The fraction of sp³-hybridized carbons (Fsp3) is 0.280. The first-order chi connectivity index (χ1) is 16.8. The normalized spacial score (nSPS) is 11.4. The van der Waals surface area contributed by atoms with Crippen molar-refractivity contribution in [3.05, 3.63) is 73.8 Å². The average molecular weight is 515 g/mol. The van der Waals surface area contributed by atoms with Crippen molar-refractivity contribution >= 4 is 51.3 Å². The number of carbonyl (C=O) groups excluding carboxylic acids is 4. The van der Waals surface area contributed by atoms with Crippen LogP contribution in [0.2, 0.25) is 0 Å². The van der Waals surface area contributed by atoms with Crippen molar-refractivity contribution in [1.82, 2.24) is 5.32 Å². The maximum Gasteiger partial charge on any atom is 0.348 e. The molecule has 0 radical (unpaired) electrons. The number of Topliss-reactive ketones (excluding diaryl/α,β-unsaturated/α-hetero) is 1. The summed E-state index contributed by atoms with van der Waals surface area (Å²) in [5.41, 5.74) is 1.84. The van der Waals surface area contributed by atoms with Gasteiger partial charge in [0.05, 0.1) is 23.7 Å². The third kappa shape index (κ3) is 6.14. The van der Waals surface area contributed by atoms with E-state index in [0.717, 1.165) is 16.9 Å². The van der Waals surface area contributed by atoms with Gasteiger partial charge in [-0.05, 0) is 44.7 Å². The number of aryl methyl sites for hydroxylation is 1. The summed E-state index contributed by atoms with van der Waals surface area (Å²) in [7, 11) is 0. The number of esters is 2. The second-order valence-corrected chi connectivity index (χ2v) is 9.43. The number of benzene rings is 1. The molecule has 0 fully saturated rings. The summed E-state index contributed by atoms with van der Waals surface area (Å²) in [6.07, 6.45) is -1.21. The molecule has 3 rings (SSSR count). The Morgan fingerprint density at radius 2 is 1.60 bits per heavy atom. The van der Waals surface area contributed by atoms with Gasteiger partial charge in [-0.1, -0.05) is 35.9 Å². The van der Waals surface area contributed by atoms with E-state index in [9.17, 15) is 19.2 Å². The molecule has 1 amide bonds. The summed E-state index contributed by atoms with van der Waals surface area (Å²) in [5, 5.41) is 7.67. The predicted octanol–water partition coefficient (Wildman–Crippen LogP) is 4.83. The van der Waals surface area contributed by atoms with Crippen LogP contribution in [-0.2, 0) is 9.47 Å². The predicted molar refractivity (Wildman–Crippen MR) is 136 cm³/mol. The lowest BCUT2D eigenvalue weighted by atomic mass is 10.1. The zero-order chi connectivity index (χ0) is 25.5. The number of hydrogen-bond acceptors (Lipinski definition) is 9. The molecule has 1 aromatic carbocycles. The molecule has 2 aromatic heterocycles. The summed E-state index contributed by atoms with van der Waals surface area (Å²) < 4.78 is 10.3. The lowest BCUT2D eigenvalue weighted by Crippen LogP contribution is -2.46. The number of amides is 1. The number of thiophene rings is 2. The van der Waals surface area contributed by atoms with Crippen LogP contribution in [-0.4, -0.2) is 43.0 Å². The molecule has 2 N–H and O–H groups in total. The van der Waals surface area contributed by atoms with Gasteiger partial charge in [0.2, 0.25) is 5.78 Å². The molecular weight excluding hydrogens is 488 g/mol. The number of ether oxygens (including phenoxy) is 2. The molecule has 8 nitrogen and oxygen atoms in total. The van der Waals surface area contributed by atoms with Gasteiger partial charge >= 0.3 is 11.9 Å². The molecule has 0 saturated heterocycles. The summed E-state index contributed by atoms with van der Waals surface area (Å²) >= 11 is 2.20. The van der Waals surface area contributed by atoms with Gasteiger partial charge in [0.15, 0.2) is 6.17 Å². The highest BCUT2D eigenvalue weighted by molar-refractivity contribution is 7.18. The van der Waals surface area contributed by atoms with Gasteiger partial charge in [0.1, 0.15) is 9.88 Å². The number of carbonyl (C=O) groups is 4. The van der Waals surface area contributed by atoms with Gasteiger partial charge in [-0.3, -0.25) is 9.59 Å². The number of ketones is 1. The lowest BCUT2D eigenvalue weighted by molar-refractivity contribution is 0.0526. The molecule has 0 spiro atoms. The van der Waals surface area contributed by atoms with Crippen LogP contribution < -0.4 is 10.6 Å². The van der Waals surface area contributed by atoms with E-state index in [1.165, 1.54) is 11.3 Å². The number of nitrogens with one attached hydrogen (secondary N) is 2. The number of rotatable bonds is 10. The standard InChI is InChI=1S/C25H26N2O6S2/c1-5-32-24(30)18-15(4)20(25(31)33-6-2)35-23(18)27-21(26-22(29)17-8-7-13-34-17)19(28)16-11-9-14(3)10-12-16/h7-13,21,27H,5-6H2,1-4H3,(H,26,29). The Labute approximate surface area is 211 Å². The highest BCUT2D eigenvalue weighted by Crippen LogP contribution is 2.35. The fourth-order valence-corrected chi connectivity index (χ4v) is 4.99. The van der Waals surface area contributed by atoms with E-state index in [1.807, 2.05) is 6.92 Å². The summed E-state index contributed by atoms with van der Waals surface area (Å²) in [5.74, 6) is -2.09. The smallest absolute Gasteiger partial charge is 0.348 e. The maximum atomic E-state index is 13.4. The van der Waals surface area contributed by atoms with Crippen molar-refractivity contribution in [2.24, 2.45) is 0 Å². The first-order valence-electron chi connectivity index (χ1n) is 11.0. The van der Waals surface area contributed by atoms with Crippen molar-refractivity contribution in [3.63, 3.8) is 0 Å². The Morgan fingerprint density at radius 3 is 2.20 bits per heavy atom. The third-order valence-corrected chi connectivity index (χ3v) is 7.05. The van der Waals surface area contributed by atoms with Gasteiger partial charge in [-0.2, -0.15) is 0 Å². The minimum Gasteiger partial charge on any atom is -0.462 e. The van der Waals surface area contributed by atoms with Crippen molar-refractivity contribution in [3.8, 4) is 0 Å². The third-order valence-electron chi connectivity index (χ3n) is 4.98. The van der Waals surface area contributed by atoms with E-state index in [4.69, 9.17) is 9.47 Å². The van der Waals surface area contributed by atoms with Crippen LogP contribution in [0.4, 0.5) is 5.00 Å². The molecule has 0 saturated carbocycles. The number of anilines is 1. The minimum absolute atomic E-state index is 0.118. The maximum absolute atomic E-state index is 13.4. The molecule has 0 aliphatic rings. The van der Waals surface area contributed by atoms with Crippen molar-refractivity contribution in [2.45, 2.75) is 33.9 Å². The topological polar surface area (TPSA) is 111 Å². The minimum atomic E-state index is -1.21. The Morgan fingerprint density at radius 1 is 0.943 bits per heavy atom. The first-order valence-corrected chi connectivity index (χ1v) is 12.7. The first kappa shape index (κ1) is 26.1. The lowest BCUT2D eigenvalue weighted by Gasteiger charge is -2.20. The Kier molecular flexibility index (Phi) is 8.78. The highest BCUT2D eigenvalue weighted by Gasteiger charge is 2.30. The molecule has 35 heavy (non-hydrogen) atoms. The molecule has 3 aromatic rings.